The molecule has 0 spiro atoms. The van der Waals surface area contributed by atoms with Gasteiger partial charge in [0, 0.05) is 5.02 Å². The van der Waals surface area contributed by atoms with Crippen LogP contribution in [0.5, 0.6) is 5.75 Å². The summed E-state index contributed by atoms with van der Waals surface area (Å²) in [5.74, 6) is -0.107. The fraction of sp³-hybridized carbons (Fsp3) is 0.269. The minimum Gasteiger partial charge on any atom is -0.476 e. The van der Waals surface area contributed by atoms with Crippen molar-refractivity contribution in [2.45, 2.75) is 44.7 Å². The van der Waals surface area contributed by atoms with Crippen LogP contribution in [0.25, 0.3) is 0 Å². The Bertz CT molecular complexity index is 1340. The predicted molar refractivity (Wildman–Crippen MR) is 134 cm³/mol. The summed E-state index contributed by atoms with van der Waals surface area (Å²) in [4.78, 5) is 13.4. The van der Waals surface area contributed by atoms with Crippen LogP contribution < -0.4 is 14.4 Å². The SMILES string of the molecule is Cc1cc(C)c([C@@H](C)NC(=O)[C@H]2CN(S(=O)(=O)c3ccccc3)c3cc(Cl)ccc3O2)cc1C. The zero-order valence-corrected chi connectivity index (χ0v) is 21.1. The van der Waals surface area contributed by atoms with E-state index in [9.17, 15) is 13.2 Å². The zero-order valence-electron chi connectivity index (χ0n) is 19.5. The Hall–Kier alpha value is -3.03. The van der Waals surface area contributed by atoms with Gasteiger partial charge in [0.25, 0.3) is 15.9 Å². The largest absolute Gasteiger partial charge is 0.476 e. The first-order chi connectivity index (χ1) is 16.1. The number of hydrogen-bond donors (Lipinski definition) is 1. The Morgan fingerprint density at radius 1 is 1.03 bits per heavy atom. The van der Waals surface area contributed by atoms with Crippen LogP contribution in [-0.4, -0.2) is 27.0 Å². The highest BCUT2D eigenvalue weighted by Crippen LogP contribution is 2.39. The molecule has 1 N–H and O–H groups in total. The van der Waals surface area contributed by atoms with Gasteiger partial charge in [-0.05, 0) is 80.3 Å². The average Bonchev–Trinajstić information content (AvgIpc) is 2.81. The van der Waals surface area contributed by atoms with E-state index >= 15 is 0 Å². The number of nitrogens with zero attached hydrogens (tertiary/aromatic N) is 1. The Balaban J connectivity index is 1.64. The molecule has 0 aliphatic carbocycles. The minimum absolute atomic E-state index is 0.126. The van der Waals surface area contributed by atoms with Gasteiger partial charge in [-0.3, -0.25) is 9.10 Å². The molecule has 1 aliphatic rings. The van der Waals surface area contributed by atoms with Crippen molar-refractivity contribution < 1.29 is 17.9 Å². The minimum atomic E-state index is -3.94. The predicted octanol–water partition coefficient (Wildman–Crippen LogP) is 5.10. The van der Waals surface area contributed by atoms with Crippen molar-refractivity contribution in [3.63, 3.8) is 0 Å². The van der Waals surface area contributed by atoms with Crippen molar-refractivity contribution >= 4 is 33.2 Å². The average molecular weight is 499 g/mol. The number of halogens is 1. The summed E-state index contributed by atoms with van der Waals surface area (Å²) in [6.45, 7) is 7.83. The first kappa shape index (κ1) is 24.1. The van der Waals surface area contributed by atoms with Crippen molar-refractivity contribution in [2.75, 3.05) is 10.8 Å². The van der Waals surface area contributed by atoms with E-state index in [0.29, 0.717) is 10.7 Å². The van der Waals surface area contributed by atoms with Crippen LogP contribution in [0.2, 0.25) is 5.02 Å². The summed E-state index contributed by atoms with van der Waals surface area (Å²) in [7, 11) is -3.94. The number of amides is 1. The Labute approximate surface area is 205 Å². The lowest BCUT2D eigenvalue weighted by Gasteiger charge is -2.35. The molecule has 0 bridgehead atoms. The highest BCUT2D eigenvalue weighted by molar-refractivity contribution is 7.92. The summed E-state index contributed by atoms with van der Waals surface area (Å²) in [5.41, 5.74) is 4.72. The number of hydrogen-bond acceptors (Lipinski definition) is 4. The van der Waals surface area contributed by atoms with Gasteiger partial charge in [0.1, 0.15) is 5.75 Å². The molecule has 0 saturated heterocycles. The molecule has 1 amide bonds. The third-order valence-electron chi connectivity index (χ3n) is 6.12. The standard InChI is InChI=1S/C26H27ClN2O4S/c1-16-12-18(3)22(13-17(16)2)19(4)28-26(30)25-15-29(23-14-20(27)10-11-24(23)33-25)34(31,32)21-8-6-5-7-9-21/h5-14,19,25H,15H2,1-4H3,(H,28,30)/t19-,25-/m1/s1. The van der Waals surface area contributed by atoms with Crippen molar-refractivity contribution in [3.05, 3.63) is 87.9 Å². The number of aryl methyl sites for hydroxylation is 3. The second kappa shape index (κ2) is 9.31. The molecular formula is C26H27ClN2O4S. The molecule has 3 aromatic rings. The number of benzene rings is 3. The van der Waals surface area contributed by atoms with E-state index in [-0.39, 0.29) is 29.1 Å². The van der Waals surface area contributed by atoms with Gasteiger partial charge in [0.05, 0.1) is 23.2 Å². The molecule has 0 fully saturated rings. The van der Waals surface area contributed by atoms with E-state index in [1.807, 2.05) is 20.8 Å². The van der Waals surface area contributed by atoms with E-state index in [1.54, 1.807) is 30.3 Å². The first-order valence-corrected chi connectivity index (χ1v) is 12.8. The molecule has 34 heavy (non-hydrogen) atoms. The monoisotopic (exact) mass is 498 g/mol. The number of carbonyl (C=O) groups is 1. The molecule has 0 saturated carbocycles. The second-order valence-electron chi connectivity index (χ2n) is 8.59. The summed E-state index contributed by atoms with van der Waals surface area (Å²) in [5, 5.41) is 3.37. The molecule has 8 heteroatoms. The maximum atomic E-state index is 13.5. The molecule has 0 unspecified atom stereocenters. The van der Waals surface area contributed by atoms with Gasteiger partial charge in [-0.1, -0.05) is 41.9 Å². The van der Waals surface area contributed by atoms with Crippen LogP contribution in [-0.2, 0) is 14.8 Å². The van der Waals surface area contributed by atoms with Crippen LogP contribution in [0.1, 0.15) is 35.2 Å². The maximum Gasteiger partial charge on any atom is 0.264 e. The van der Waals surface area contributed by atoms with Crippen LogP contribution in [0.15, 0.2) is 65.6 Å². The number of carbonyl (C=O) groups excluding carboxylic acids is 1. The van der Waals surface area contributed by atoms with Gasteiger partial charge in [-0.25, -0.2) is 8.42 Å². The Morgan fingerprint density at radius 2 is 1.71 bits per heavy atom. The van der Waals surface area contributed by atoms with Gasteiger partial charge in [-0.15, -0.1) is 0 Å². The third kappa shape index (κ3) is 4.63. The van der Waals surface area contributed by atoms with Crippen LogP contribution >= 0.6 is 11.6 Å². The van der Waals surface area contributed by atoms with Gasteiger partial charge >= 0.3 is 0 Å². The van der Waals surface area contributed by atoms with E-state index in [0.717, 1.165) is 16.7 Å². The normalized spacial score (nSPS) is 16.4. The number of sulfonamides is 1. The summed E-state index contributed by atoms with van der Waals surface area (Å²) in [6.07, 6.45) is -1.03. The van der Waals surface area contributed by atoms with Gasteiger partial charge in [0.15, 0.2) is 6.10 Å². The van der Waals surface area contributed by atoms with E-state index in [2.05, 4.69) is 24.4 Å². The van der Waals surface area contributed by atoms with Crippen LogP contribution in [0, 0.1) is 20.8 Å². The van der Waals surface area contributed by atoms with Crippen molar-refractivity contribution in [2.24, 2.45) is 0 Å². The summed E-state index contributed by atoms with van der Waals surface area (Å²) in [6, 6.07) is 16.7. The number of rotatable bonds is 5. The zero-order chi connectivity index (χ0) is 24.6. The van der Waals surface area contributed by atoms with Gasteiger partial charge in [-0.2, -0.15) is 0 Å². The van der Waals surface area contributed by atoms with Crippen molar-refractivity contribution in [1.29, 1.82) is 0 Å². The lowest BCUT2D eigenvalue weighted by molar-refractivity contribution is -0.128. The van der Waals surface area contributed by atoms with Crippen molar-refractivity contribution in [3.8, 4) is 5.75 Å². The molecule has 0 aromatic heterocycles. The number of anilines is 1. The summed E-state index contributed by atoms with van der Waals surface area (Å²) >= 11 is 6.16. The highest BCUT2D eigenvalue weighted by atomic mass is 35.5. The van der Waals surface area contributed by atoms with E-state index in [1.165, 1.54) is 28.1 Å². The van der Waals surface area contributed by atoms with Crippen molar-refractivity contribution in [1.82, 2.24) is 5.32 Å². The maximum absolute atomic E-state index is 13.5. The molecule has 1 heterocycles. The smallest absolute Gasteiger partial charge is 0.264 e. The Morgan fingerprint density at radius 3 is 2.41 bits per heavy atom. The first-order valence-electron chi connectivity index (χ1n) is 11.0. The van der Waals surface area contributed by atoms with E-state index < -0.39 is 16.1 Å². The molecule has 1 aliphatic heterocycles. The van der Waals surface area contributed by atoms with Gasteiger partial charge < -0.3 is 10.1 Å². The lowest BCUT2D eigenvalue weighted by atomic mass is 9.96. The van der Waals surface area contributed by atoms with E-state index in [4.69, 9.17) is 16.3 Å². The fourth-order valence-electron chi connectivity index (χ4n) is 4.14. The van der Waals surface area contributed by atoms with Gasteiger partial charge in [0.2, 0.25) is 0 Å². The molecular weight excluding hydrogens is 472 g/mol. The molecule has 0 radical (unpaired) electrons. The number of ether oxygens (including phenoxy) is 1. The summed E-state index contributed by atoms with van der Waals surface area (Å²) < 4.78 is 34.1. The topological polar surface area (TPSA) is 75.7 Å². The Kier molecular flexibility index (Phi) is 6.60. The molecule has 2 atom stereocenters. The molecule has 3 aromatic carbocycles. The van der Waals surface area contributed by atoms with Crippen LogP contribution in [0.3, 0.4) is 0 Å². The number of nitrogens with one attached hydrogen (secondary N) is 1. The third-order valence-corrected chi connectivity index (χ3v) is 8.15. The highest BCUT2D eigenvalue weighted by Gasteiger charge is 2.38. The quantitative estimate of drug-likeness (QED) is 0.531. The fourth-order valence-corrected chi connectivity index (χ4v) is 5.80. The number of fused-ring (bicyclic) bond motifs is 1. The lowest BCUT2D eigenvalue weighted by Crippen LogP contribution is -2.51. The molecule has 4 rings (SSSR count). The van der Waals surface area contributed by atoms with Crippen LogP contribution in [0.4, 0.5) is 5.69 Å². The molecule has 178 valence electrons. The molecule has 6 nitrogen and oxygen atoms in total. The second-order valence-corrected chi connectivity index (χ2v) is 10.9.